The number of rotatable bonds is 1. The van der Waals surface area contributed by atoms with Crippen LogP contribution in [0.3, 0.4) is 0 Å². The Hall–Kier alpha value is -1.53. The zero-order valence-corrected chi connectivity index (χ0v) is 14.3. The van der Waals surface area contributed by atoms with E-state index in [1.807, 2.05) is 36.1 Å². The monoisotopic (exact) mass is 331 g/mol. The lowest BCUT2D eigenvalue weighted by Crippen LogP contribution is -2.52. The lowest BCUT2D eigenvalue weighted by molar-refractivity contribution is -0.119. The number of urea groups is 1. The fraction of sp³-hybridized carbons (Fsp3) is 0.529. The first-order valence-electron chi connectivity index (χ1n) is 8.08. The number of amides is 3. The smallest absolute Gasteiger partial charge is 0.306 e. The zero-order chi connectivity index (χ0) is 16.2. The summed E-state index contributed by atoms with van der Waals surface area (Å²) in [6, 6.07) is 7.18. The Labute approximate surface area is 140 Å². The van der Waals surface area contributed by atoms with Crippen LogP contribution < -0.4 is 4.90 Å². The predicted molar refractivity (Wildman–Crippen MR) is 91.6 cm³/mol. The molecule has 0 saturated carbocycles. The Bertz CT molecular complexity index is 652. The first-order chi connectivity index (χ1) is 11.0. The van der Waals surface area contributed by atoms with Gasteiger partial charge in [0.1, 0.15) is 6.04 Å². The molecular formula is C17H21N3O2S. The summed E-state index contributed by atoms with van der Waals surface area (Å²) in [5.74, 6) is 0.651. The van der Waals surface area contributed by atoms with E-state index in [2.05, 4.69) is 11.9 Å². The van der Waals surface area contributed by atoms with Gasteiger partial charge in [-0.2, -0.15) is 0 Å². The molecule has 3 heterocycles. The number of carbonyl (C=O) groups is 2. The number of benzene rings is 1. The third-order valence-electron chi connectivity index (χ3n) is 5.22. The second-order valence-corrected chi connectivity index (χ2v) is 8.12. The largest absolute Gasteiger partial charge is 0.333 e. The van der Waals surface area contributed by atoms with Crippen LogP contribution in [0.15, 0.2) is 24.3 Å². The van der Waals surface area contributed by atoms with Gasteiger partial charge >= 0.3 is 6.03 Å². The lowest BCUT2D eigenvalue weighted by atomic mass is 10.0. The molecule has 6 heteroatoms. The van der Waals surface area contributed by atoms with Crippen LogP contribution in [-0.2, 0) is 4.79 Å². The third-order valence-corrected chi connectivity index (χ3v) is 6.85. The first-order valence-corrected chi connectivity index (χ1v) is 9.07. The van der Waals surface area contributed by atoms with E-state index in [-0.39, 0.29) is 22.9 Å². The molecule has 122 valence electrons. The van der Waals surface area contributed by atoms with E-state index in [4.69, 9.17) is 0 Å². The van der Waals surface area contributed by atoms with Crippen molar-refractivity contribution in [2.24, 2.45) is 0 Å². The summed E-state index contributed by atoms with van der Waals surface area (Å²) in [4.78, 5) is 31.2. The fourth-order valence-corrected chi connectivity index (χ4v) is 5.36. The van der Waals surface area contributed by atoms with E-state index in [0.29, 0.717) is 5.69 Å². The summed E-state index contributed by atoms with van der Waals surface area (Å²) in [5, 5.41) is 0. The van der Waals surface area contributed by atoms with E-state index in [1.54, 1.807) is 11.8 Å². The number of nitrogens with zero attached hydrogens (tertiary/aromatic N) is 3. The molecule has 3 fully saturated rings. The minimum absolute atomic E-state index is 0.0674. The van der Waals surface area contributed by atoms with Crippen LogP contribution in [0.5, 0.6) is 0 Å². The number of anilines is 1. The van der Waals surface area contributed by atoms with Crippen molar-refractivity contribution in [1.82, 2.24) is 9.80 Å². The standard InChI is InChI=1S/C17H21N3O2S/c1-12-3-5-13(6-4-12)19-15(21)14-11-23-17(20(14)16(19)22)7-9-18(2)10-8-17/h3-6,14H,7-11H2,1-2H3/t14-/m0/s1. The molecule has 1 aromatic carbocycles. The number of likely N-dealkylation sites (tertiary alicyclic amines) is 1. The number of carbonyl (C=O) groups excluding carboxylic acids is 2. The molecule has 0 bridgehead atoms. The summed E-state index contributed by atoms with van der Waals surface area (Å²) in [5.41, 5.74) is 1.81. The topological polar surface area (TPSA) is 43.9 Å². The minimum atomic E-state index is -0.294. The molecule has 0 N–H and O–H groups in total. The minimum Gasteiger partial charge on any atom is -0.306 e. The van der Waals surface area contributed by atoms with Crippen molar-refractivity contribution in [3.63, 3.8) is 0 Å². The van der Waals surface area contributed by atoms with Crippen molar-refractivity contribution in [3.8, 4) is 0 Å². The van der Waals surface area contributed by atoms with Gasteiger partial charge in [0.25, 0.3) is 5.91 Å². The number of fused-ring (bicyclic) bond motifs is 2. The number of hydrogen-bond donors (Lipinski definition) is 0. The summed E-state index contributed by atoms with van der Waals surface area (Å²) in [6.07, 6.45) is 1.87. The van der Waals surface area contributed by atoms with E-state index in [1.165, 1.54) is 4.90 Å². The van der Waals surface area contributed by atoms with E-state index < -0.39 is 0 Å². The SMILES string of the molecule is Cc1ccc(N2C(=O)[C@@H]3CSC4(CCN(C)CC4)N3C2=O)cc1. The molecule has 1 spiro atoms. The van der Waals surface area contributed by atoms with Crippen molar-refractivity contribution in [2.45, 2.75) is 30.7 Å². The van der Waals surface area contributed by atoms with Crippen LogP contribution in [-0.4, -0.2) is 58.5 Å². The van der Waals surface area contributed by atoms with Gasteiger partial charge in [0.05, 0.1) is 10.6 Å². The highest BCUT2D eigenvalue weighted by atomic mass is 32.2. The molecule has 1 atom stereocenters. The van der Waals surface area contributed by atoms with Crippen LogP contribution >= 0.6 is 11.8 Å². The second kappa shape index (κ2) is 5.24. The summed E-state index contributed by atoms with van der Waals surface area (Å²) >= 11 is 1.80. The molecule has 3 aliphatic rings. The molecule has 0 aromatic heterocycles. The predicted octanol–water partition coefficient (Wildman–Crippen LogP) is 2.30. The normalized spacial score (nSPS) is 27.1. The highest BCUT2D eigenvalue weighted by molar-refractivity contribution is 8.01. The van der Waals surface area contributed by atoms with Gasteiger partial charge < -0.3 is 4.90 Å². The van der Waals surface area contributed by atoms with Gasteiger partial charge in [0.2, 0.25) is 0 Å². The molecule has 3 aliphatic heterocycles. The number of hydrogen-bond acceptors (Lipinski definition) is 4. The fourth-order valence-electron chi connectivity index (χ4n) is 3.79. The van der Waals surface area contributed by atoms with Gasteiger partial charge in [-0.1, -0.05) is 17.7 Å². The molecule has 1 aromatic rings. The van der Waals surface area contributed by atoms with E-state index in [9.17, 15) is 9.59 Å². The maximum atomic E-state index is 13.0. The van der Waals surface area contributed by atoms with E-state index in [0.717, 1.165) is 37.2 Å². The molecule has 3 amide bonds. The van der Waals surface area contributed by atoms with Crippen molar-refractivity contribution < 1.29 is 9.59 Å². The number of imide groups is 1. The maximum absolute atomic E-state index is 13.0. The Morgan fingerprint density at radius 1 is 1.13 bits per heavy atom. The van der Waals surface area contributed by atoms with Crippen LogP contribution in [0.4, 0.5) is 10.5 Å². The van der Waals surface area contributed by atoms with Gasteiger partial charge in [-0.05, 0) is 38.9 Å². The average molecular weight is 331 g/mol. The van der Waals surface area contributed by atoms with Crippen LogP contribution in [0.25, 0.3) is 0 Å². The molecule has 5 nitrogen and oxygen atoms in total. The Morgan fingerprint density at radius 2 is 1.78 bits per heavy atom. The number of piperidine rings is 1. The first kappa shape index (κ1) is 15.0. The van der Waals surface area contributed by atoms with Gasteiger partial charge in [-0.15, -0.1) is 11.8 Å². The average Bonchev–Trinajstić information content (AvgIpc) is 3.03. The molecule has 0 unspecified atom stereocenters. The van der Waals surface area contributed by atoms with Crippen LogP contribution in [0, 0.1) is 6.92 Å². The molecule has 0 radical (unpaired) electrons. The van der Waals surface area contributed by atoms with Gasteiger partial charge in [-0.25, -0.2) is 9.69 Å². The maximum Gasteiger partial charge on any atom is 0.333 e. The molecular weight excluding hydrogens is 310 g/mol. The Kier molecular flexibility index (Phi) is 3.43. The molecule has 0 aliphatic carbocycles. The van der Waals surface area contributed by atoms with Crippen molar-refractivity contribution in [2.75, 3.05) is 30.8 Å². The highest BCUT2D eigenvalue weighted by Gasteiger charge is 2.59. The quantitative estimate of drug-likeness (QED) is 0.741. The van der Waals surface area contributed by atoms with Crippen molar-refractivity contribution in [3.05, 3.63) is 29.8 Å². The van der Waals surface area contributed by atoms with Crippen molar-refractivity contribution in [1.29, 1.82) is 0 Å². The summed E-state index contributed by atoms with van der Waals surface area (Å²) < 4.78 is 0. The van der Waals surface area contributed by atoms with E-state index >= 15 is 0 Å². The van der Waals surface area contributed by atoms with Crippen LogP contribution in [0.1, 0.15) is 18.4 Å². The lowest BCUT2D eigenvalue weighted by Gasteiger charge is -2.42. The molecule has 4 rings (SSSR count). The Balaban J connectivity index is 1.66. The second-order valence-electron chi connectivity index (χ2n) is 6.74. The Morgan fingerprint density at radius 3 is 2.43 bits per heavy atom. The summed E-state index contributed by atoms with van der Waals surface area (Å²) in [6.45, 7) is 3.95. The number of aryl methyl sites for hydroxylation is 1. The van der Waals surface area contributed by atoms with Gasteiger partial charge in [0.15, 0.2) is 0 Å². The van der Waals surface area contributed by atoms with Crippen molar-refractivity contribution >= 4 is 29.4 Å². The molecule has 3 saturated heterocycles. The highest BCUT2D eigenvalue weighted by Crippen LogP contribution is 2.50. The van der Waals surface area contributed by atoms with Crippen LogP contribution in [0.2, 0.25) is 0 Å². The van der Waals surface area contributed by atoms with Gasteiger partial charge in [-0.3, -0.25) is 9.69 Å². The number of thioether (sulfide) groups is 1. The van der Waals surface area contributed by atoms with Gasteiger partial charge in [0, 0.05) is 18.8 Å². The summed E-state index contributed by atoms with van der Waals surface area (Å²) in [7, 11) is 2.11. The zero-order valence-electron chi connectivity index (χ0n) is 13.5. The molecule has 23 heavy (non-hydrogen) atoms. The third kappa shape index (κ3) is 2.19.